The van der Waals surface area contributed by atoms with Crippen molar-refractivity contribution in [1.82, 2.24) is 14.8 Å². The van der Waals surface area contributed by atoms with Gasteiger partial charge in [0.25, 0.3) is 5.91 Å². The fraction of sp³-hybridized carbons (Fsp3) is 0.526. The zero-order valence-corrected chi connectivity index (χ0v) is 14.4. The van der Waals surface area contributed by atoms with Gasteiger partial charge < -0.3 is 19.0 Å². The molecule has 2 aromatic heterocycles. The Kier molecular flexibility index (Phi) is 4.90. The summed E-state index contributed by atoms with van der Waals surface area (Å²) in [7, 11) is 0. The molecular formula is C19H25N3O3. The van der Waals surface area contributed by atoms with Gasteiger partial charge >= 0.3 is 0 Å². The normalized spacial score (nSPS) is 22.2. The number of rotatable bonds is 4. The van der Waals surface area contributed by atoms with Crippen molar-refractivity contribution in [2.45, 2.75) is 31.9 Å². The van der Waals surface area contributed by atoms with Gasteiger partial charge in [-0.1, -0.05) is 0 Å². The predicted octanol–water partition coefficient (Wildman–Crippen LogP) is 2.81. The number of ether oxygens (including phenoxy) is 1. The van der Waals surface area contributed by atoms with Crippen molar-refractivity contribution < 1.29 is 13.9 Å². The molecule has 2 saturated heterocycles. The summed E-state index contributed by atoms with van der Waals surface area (Å²) in [5, 5.41) is 0. The Morgan fingerprint density at radius 1 is 1.16 bits per heavy atom. The summed E-state index contributed by atoms with van der Waals surface area (Å²) in [6.45, 7) is 4.84. The van der Waals surface area contributed by atoms with Crippen molar-refractivity contribution in [3.8, 4) is 0 Å². The molecule has 0 unspecified atom stereocenters. The summed E-state index contributed by atoms with van der Waals surface area (Å²) in [6, 6.07) is 7.79. The molecule has 2 aliphatic heterocycles. The lowest BCUT2D eigenvalue weighted by atomic mass is 10.1. The van der Waals surface area contributed by atoms with Crippen LogP contribution in [0.1, 0.15) is 47.4 Å². The lowest BCUT2D eigenvalue weighted by Gasteiger charge is -2.34. The summed E-state index contributed by atoms with van der Waals surface area (Å²) < 4.78 is 11.8. The van der Waals surface area contributed by atoms with E-state index in [4.69, 9.17) is 9.15 Å². The first-order valence-electron chi connectivity index (χ1n) is 9.15. The van der Waals surface area contributed by atoms with E-state index in [0.717, 1.165) is 63.7 Å². The van der Waals surface area contributed by atoms with Crippen LogP contribution in [0.5, 0.6) is 0 Å². The number of piperazine rings is 1. The molecule has 25 heavy (non-hydrogen) atoms. The fourth-order valence-electron chi connectivity index (χ4n) is 3.58. The van der Waals surface area contributed by atoms with Crippen molar-refractivity contribution in [3.63, 3.8) is 0 Å². The van der Waals surface area contributed by atoms with Gasteiger partial charge in [-0.05, 0) is 43.5 Å². The number of hydrogen-bond acceptors (Lipinski definition) is 4. The van der Waals surface area contributed by atoms with Crippen LogP contribution in [0.15, 0.2) is 34.9 Å². The number of H-pyrrole nitrogens is 1. The number of aromatic amines is 1. The van der Waals surface area contributed by atoms with Gasteiger partial charge in [-0.25, -0.2) is 0 Å². The number of carbonyl (C=O) groups is 1. The average Bonchev–Trinajstić information content (AvgIpc) is 3.35. The Morgan fingerprint density at radius 3 is 2.76 bits per heavy atom. The molecule has 2 aromatic rings. The highest BCUT2D eigenvalue weighted by Gasteiger charge is 2.24. The van der Waals surface area contributed by atoms with Gasteiger partial charge in [-0.3, -0.25) is 9.69 Å². The maximum atomic E-state index is 12.3. The van der Waals surface area contributed by atoms with E-state index in [2.05, 4.69) is 22.0 Å². The van der Waals surface area contributed by atoms with E-state index in [1.165, 1.54) is 6.42 Å². The first kappa shape index (κ1) is 16.4. The summed E-state index contributed by atoms with van der Waals surface area (Å²) in [5.41, 5.74) is 0.664. The number of amides is 1. The molecule has 1 atom stereocenters. The highest BCUT2D eigenvalue weighted by Crippen LogP contribution is 2.29. The average molecular weight is 343 g/mol. The topological polar surface area (TPSA) is 61.7 Å². The van der Waals surface area contributed by atoms with Crippen LogP contribution < -0.4 is 0 Å². The monoisotopic (exact) mass is 343 g/mol. The number of aromatic nitrogens is 1. The first-order chi connectivity index (χ1) is 12.3. The lowest BCUT2D eigenvalue weighted by molar-refractivity contribution is 0.000648. The Labute approximate surface area is 147 Å². The lowest BCUT2D eigenvalue weighted by Crippen LogP contribution is -2.48. The van der Waals surface area contributed by atoms with Crippen LogP contribution in [0.3, 0.4) is 0 Å². The van der Waals surface area contributed by atoms with E-state index in [-0.39, 0.29) is 12.0 Å². The molecular weight excluding hydrogens is 318 g/mol. The molecule has 0 saturated carbocycles. The van der Waals surface area contributed by atoms with Crippen LogP contribution in [0.25, 0.3) is 0 Å². The quantitative estimate of drug-likeness (QED) is 0.927. The zero-order valence-electron chi connectivity index (χ0n) is 14.4. The Balaban J connectivity index is 1.28. The van der Waals surface area contributed by atoms with E-state index in [9.17, 15) is 4.79 Å². The molecule has 1 N–H and O–H groups in total. The molecule has 1 amide bonds. The molecule has 6 nitrogen and oxygen atoms in total. The summed E-state index contributed by atoms with van der Waals surface area (Å²) >= 11 is 0. The van der Waals surface area contributed by atoms with Crippen molar-refractivity contribution >= 4 is 5.91 Å². The van der Waals surface area contributed by atoms with E-state index < -0.39 is 0 Å². The van der Waals surface area contributed by atoms with E-state index in [0.29, 0.717) is 5.69 Å². The molecule has 6 heteroatoms. The van der Waals surface area contributed by atoms with Crippen LogP contribution in [0.4, 0.5) is 0 Å². The van der Waals surface area contributed by atoms with Crippen LogP contribution in [0.2, 0.25) is 0 Å². The first-order valence-corrected chi connectivity index (χ1v) is 9.15. The second-order valence-corrected chi connectivity index (χ2v) is 6.81. The van der Waals surface area contributed by atoms with Crippen LogP contribution >= 0.6 is 0 Å². The second-order valence-electron chi connectivity index (χ2n) is 6.81. The summed E-state index contributed by atoms with van der Waals surface area (Å²) in [4.78, 5) is 19.6. The van der Waals surface area contributed by atoms with Gasteiger partial charge in [0.2, 0.25) is 0 Å². The van der Waals surface area contributed by atoms with Crippen molar-refractivity contribution in [2.75, 3.05) is 32.8 Å². The van der Waals surface area contributed by atoms with Gasteiger partial charge in [0.1, 0.15) is 23.3 Å². The van der Waals surface area contributed by atoms with Crippen LogP contribution in [-0.4, -0.2) is 53.5 Å². The minimum Gasteiger partial charge on any atom is -0.462 e. The van der Waals surface area contributed by atoms with Gasteiger partial charge in [0.15, 0.2) is 0 Å². The van der Waals surface area contributed by atoms with Gasteiger partial charge in [0.05, 0.1) is 6.54 Å². The summed E-state index contributed by atoms with van der Waals surface area (Å²) in [6.07, 6.45) is 5.31. The number of nitrogens with one attached hydrogen (secondary N) is 1. The van der Waals surface area contributed by atoms with Crippen molar-refractivity contribution in [3.05, 3.63) is 47.7 Å². The van der Waals surface area contributed by atoms with Gasteiger partial charge in [-0.15, -0.1) is 0 Å². The molecule has 0 radical (unpaired) electrons. The third-order valence-electron chi connectivity index (χ3n) is 5.05. The molecule has 2 fully saturated rings. The van der Waals surface area contributed by atoms with Crippen molar-refractivity contribution in [1.29, 1.82) is 0 Å². The Hall–Kier alpha value is -2.05. The smallest absolute Gasteiger partial charge is 0.270 e. The molecule has 4 rings (SSSR count). The Morgan fingerprint density at radius 2 is 2.04 bits per heavy atom. The maximum Gasteiger partial charge on any atom is 0.270 e. The molecule has 2 aliphatic rings. The van der Waals surface area contributed by atoms with E-state index >= 15 is 0 Å². The van der Waals surface area contributed by atoms with Gasteiger partial charge in [0, 0.05) is 39.0 Å². The minimum atomic E-state index is 0.0828. The van der Waals surface area contributed by atoms with Gasteiger partial charge in [-0.2, -0.15) is 0 Å². The molecule has 134 valence electrons. The number of carbonyl (C=O) groups excluding carboxylic acids is 1. The molecule has 0 aliphatic carbocycles. The third-order valence-corrected chi connectivity index (χ3v) is 5.05. The van der Waals surface area contributed by atoms with Crippen molar-refractivity contribution in [2.24, 2.45) is 0 Å². The standard InChI is InChI=1S/C19H25N3O3/c23-19(16-4-3-8-20-16)22-11-9-21(10-12-22)14-15-6-7-18(25-15)17-5-1-2-13-24-17/h3-4,6-8,17,20H,1-2,5,9-14H2/t17-/m1/s1. The van der Waals surface area contributed by atoms with Crippen LogP contribution in [-0.2, 0) is 11.3 Å². The largest absolute Gasteiger partial charge is 0.462 e. The van der Waals surface area contributed by atoms with Crippen LogP contribution in [0, 0.1) is 0 Å². The molecule has 0 spiro atoms. The maximum absolute atomic E-state index is 12.3. The zero-order chi connectivity index (χ0) is 17.1. The number of furan rings is 1. The second kappa shape index (κ2) is 7.45. The highest BCUT2D eigenvalue weighted by molar-refractivity contribution is 5.92. The summed E-state index contributed by atoms with van der Waals surface area (Å²) in [5.74, 6) is 2.02. The van der Waals surface area contributed by atoms with E-state index in [1.54, 1.807) is 6.20 Å². The number of hydrogen-bond donors (Lipinski definition) is 1. The molecule has 0 bridgehead atoms. The predicted molar refractivity (Wildman–Crippen MR) is 93.2 cm³/mol. The highest BCUT2D eigenvalue weighted by atomic mass is 16.5. The Bertz CT molecular complexity index is 681. The number of nitrogens with zero attached hydrogens (tertiary/aromatic N) is 2. The third kappa shape index (κ3) is 3.80. The SMILES string of the molecule is O=C(c1ccc[nH]1)N1CCN(Cc2ccc([C@H]3CCCCO3)o2)CC1. The minimum absolute atomic E-state index is 0.0828. The van der Waals surface area contributed by atoms with E-state index in [1.807, 2.05) is 17.0 Å². The molecule has 4 heterocycles. The molecule has 0 aromatic carbocycles. The fourth-order valence-corrected chi connectivity index (χ4v) is 3.58.